The summed E-state index contributed by atoms with van der Waals surface area (Å²) < 4.78 is 1.53. The van der Waals surface area contributed by atoms with Crippen molar-refractivity contribution in [2.24, 2.45) is 0 Å². The summed E-state index contributed by atoms with van der Waals surface area (Å²) >= 11 is 0. The molecule has 0 aliphatic rings. The Morgan fingerprint density at radius 1 is 1.10 bits per heavy atom. The molecule has 106 valence electrons. The third-order valence-corrected chi connectivity index (χ3v) is 3.36. The largest absolute Gasteiger partial charge is 0.321 e. The van der Waals surface area contributed by atoms with Gasteiger partial charge in [0.05, 0.1) is 6.20 Å². The summed E-state index contributed by atoms with van der Waals surface area (Å²) in [5.74, 6) is 0.266. The van der Waals surface area contributed by atoms with Crippen LogP contribution >= 0.6 is 0 Å². The van der Waals surface area contributed by atoms with Crippen molar-refractivity contribution >= 4 is 17.2 Å². The van der Waals surface area contributed by atoms with Gasteiger partial charge in [0, 0.05) is 18.0 Å². The average molecular weight is 280 g/mol. The number of hydrogen-bond acceptors (Lipinski definition) is 3. The van der Waals surface area contributed by atoms with Crippen molar-refractivity contribution in [2.45, 2.75) is 19.8 Å². The number of carbonyl (C=O) groups is 1. The van der Waals surface area contributed by atoms with E-state index >= 15 is 0 Å². The lowest BCUT2D eigenvalue weighted by molar-refractivity contribution is 0.102. The Morgan fingerprint density at radius 2 is 1.86 bits per heavy atom. The lowest BCUT2D eigenvalue weighted by atomic mass is 10.0. The number of anilines is 1. The summed E-state index contributed by atoms with van der Waals surface area (Å²) in [6.07, 6.45) is 3.23. The molecule has 0 spiro atoms. The number of nitrogens with one attached hydrogen (secondary N) is 1. The minimum Gasteiger partial charge on any atom is -0.321 e. The van der Waals surface area contributed by atoms with Crippen LogP contribution in [0.5, 0.6) is 0 Å². The fraction of sp³-hybridized carbons (Fsp3) is 0.188. The molecule has 0 unspecified atom stereocenters. The van der Waals surface area contributed by atoms with Gasteiger partial charge in [-0.1, -0.05) is 26.0 Å². The van der Waals surface area contributed by atoms with E-state index in [1.54, 1.807) is 24.5 Å². The molecule has 5 heteroatoms. The van der Waals surface area contributed by atoms with Gasteiger partial charge >= 0.3 is 0 Å². The topological polar surface area (TPSA) is 59.3 Å². The zero-order valence-electron chi connectivity index (χ0n) is 11.9. The second-order valence-electron chi connectivity index (χ2n) is 5.16. The van der Waals surface area contributed by atoms with E-state index in [1.165, 1.54) is 10.1 Å². The van der Waals surface area contributed by atoms with Crippen LogP contribution in [0.25, 0.3) is 5.65 Å². The zero-order chi connectivity index (χ0) is 14.8. The van der Waals surface area contributed by atoms with E-state index in [0.717, 1.165) is 5.69 Å². The van der Waals surface area contributed by atoms with Crippen LogP contribution in [0.3, 0.4) is 0 Å². The van der Waals surface area contributed by atoms with Crippen molar-refractivity contribution in [3.8, 4) is 0 Å². The van der Waals surface area contributed by atoms with Crippen molar-refractivity contribution < 1.29 is 4.79 Å². The molecule has 0 atom stereocenters. The van der Waals surface area contributed by atoms with Gasteiger partial charge in [0.25, 0.3) is 5.91 Å². The highest BCUT2D eigenvalue weighted by molar-refractivity contribution is 6.03. The Morgan fingerprint density at radius 3 is 2.57 bits per heavy atom. The molecule has 0 saturated heterocycles. The number of aromatic nitrogens is 3. The maximum Gasteiger partial charge on any atom is 0.274 e. The first-order chi connectivity index (χ1) is 10.1. The molecule has 21 heavy (non-hydrogen) atoms. The minimum absolute atomic E-state index is 0.205. The highest BCUT2D eigenvalue weighted by Crippen LogP contribution is 2.17. The van der Waals surface area contributed by atoms with Crippen LogP contribution in [-0.2, 0) is 0 Å². The predicted molar refractivity (Wildman–Crippen MR) is 81.5 cm³/mol. The third-order valence-electron chi connectivity index (χ3n) is 3.36. The predicted octanol–water partition coefficient (Wildman–Crippen LogP) is 3.11. The fourth-order valence-corrected chi connectivity index (χ4v) is 2.15. The van der Waals surface area contributed by atoms with Gasteiger partial charge in [0.15, 0.2) is 5.65 Å². The smallest absolute Gasteiger partial charge is 0.274 e. The Labute approximate surface area is 122 Å². The Hall–Kier alpha value is -2.69. The molecule has 0 fully saturated rings. The first-order valence-corrected chi connectivity index (χ1v) is 6.85. The second-order valence-corrected chi connectivity index (χ2v) is 5.16. The Bertz CT molecular complexity index is 774. The van der Waals surface area contributed by atoms with Crippen LogP contribution in [0.1, 0.15) is 35.8 Å². The molecule has 2 aromatic heterocycles. The number of benzene rings is 1. The summed E-state index contributed by atoms with van der Waals surface area (Å²) in [6.45, 7) is 4.28. The number of fused-ring (bicyclic) bond motifs is 1. The summed E-state index contributed by atoms with van der Waals surface area (Å²) in [5.41, 5.74) is 3.11. The van der Waals surface area contributed by atoms with E-state index in [0.29, 0.717) is 17.3 Å². The molecule has 3 aromatic rings. The molecule has 2 heterocycles. The molecule has 0 saturated carbocycles. The van der Waals surface area contributed by atoms with E-state index in [2.05, 4.69) is 29.2 Å². The van der Waals surface area contributed by atoms with Gasteiger partial charge in [0.2, 0.25) is 0 Å². The van der Waals surface area contributed by atoms with Crippen LogP contribution < -0.4 is 5.32 Å². The summed E-state index contributed by atoms with van der Waals surface area (Å²) in [6, 6.07) is 11.3. The van der Waals surface area contributed by atoms with E-state index in [-0.39, 0.29) is 5.91 Å². The Kier molecular flexibility index (Phi) is 3.39. The first kappa shape index (κ1) is 13.3. The van der Waals surface area contributed by atoms with Crippen molar-refractivity contribution in [1.29, 1.82) is 0 Å². The maximum absolute atomic E-state index is 12.3. The average Bonchev–Trinajstić information content (AvgIpc) is 2.96. The van der Waals surface area contributed by atoms with Crippen LogP contribution in [0.4, 0.5) is 5.69 Å². The molecule has 0 aliphatic heterocycles. The molecule has 0 bridgehead atoms. The van der Waals surface area contributed by atoms with Gasteiger partial charge in [-0.2, -0.15) is 5.10 Å². The van der Waals surface area contributed by atoms with Gasteiger partial charge in [-0.3, -0.25) is 4.79 Å². The van der Waals surface area contributed by atoms with Crippen molar-refractivity contribution in [3.05, 3.63) is 60.0 Å². The highest BCUT2D eigenvalue weighted by atomic mass is 16.2. The van der Waals surface area contributed by atoms with Crippen molar-refractivity contribution in [2.75, 3.05) is 5.32 Å². The lowest BCUT2D eigenvalue weighted by Crippen LogP contribution is -2.16. The highest BCUT2D eigenvalue weighted by Gasteiger charge is 2.11. The van der Waals surface area contributed by atoms with Gasteiger partial charge in [-0.05, 0) is 29.7 Å². The summed E-state index contributed by atoms with van der Waals surface area (Å²) in [4.78, 5) is 16.5. The first-order valence-electron chi connectivity index (χ1n) is 6.85. The van der Waals surface area contributed by atoms with E-state index in [9.17, 15) is 4.79 Å². The van der Waals surface area contributed by atoms with Crippen LogP contribution in [0.15, 0.2) is 48.8 Å². The van der Waals surface area contributed by atoms with Gasteiger partial charge in [0.1, 0.15) is 5.69 Å². The van der Waals surface area contributed by atoms with Crippen LogP contribution in [0, 0.1) is 0 Å². The molecule has 0 radical (unpaired) electrons. The fourth-order valence-electron chi connectivity index (χ4n) is 2.15. The van der Waals surface area contributed by atoms with Gasteiger partial charge in [-0.25, -0.2) is 9.50 Å². The molecule has 1 aromatic carbocycles. The van der Waals surface area contributed by atoms with Crippen molar-refractivity contribution in [1.82, 2.24) is 14.6 Å². The van der Waals surface area contributed by atoms with Gasteiger partial charge < -0.3 is 5.32 Å². The SMILES string of the molecule is CC(C)c1ccc(NC(=O)c2ccnc3ccnn23)cc1. The Balaban J connectivity index is 1.84. The quantitative estimate of drug-likeness (QED) is 0.802. The number of hydrogen-bond donors (Lipinski definition) is 1. The molecule has 5 nitrogen and oxygen atoms in total. The van der Waals surface area contributed by atoms with Crippen LogP contribution in [-0.4, -0.2) is 20.5 Å². The van der Waals surface area contributed by atoms with Crippen LogP contribution in [0.2, 0.25) is 0 Å². The lowest BCUT2D eigenvalue weighted by Gasteiger charge is -2.09. The standard InChI is InChI=1S/C16H16N4O/c1-11(2)12-3-5-13(6-4-12)19-16(21)14-7-9-17-15-8-10-18-20(14)15/h3-11H,1-2H3,(H,19,21). The van der Waals surface area contributed by atoms with E-state index in [1.807, 2.05) is 24.3 Å². The number of nitrogens with zero attached hydrogens (tertiary/aromatic N) is 3. The summed E-state index contributed by atoms with van der Waals surface area (Å²) in [7, 11) is 0. The van der Waals surface area contributed by atoms with Gasteiger partial charge in [-0.15, -0.1) is 0 Å². The number of rotatable bonds is 3. The minimum atomic E-state index is -0.205. The number of carbonyl (C=O) groups excluding carboxylic acids is 1. The second kappa shape index (κ2) is 5.36. The molecule has 1 amide bonds. The third kappa shape index (κ3) is 2.63. The molecule has 3 rings (SSSR count). The van der Waals surface area contributed by atoms with E-state index in [4.69, 9.17) is 0 Å². The number of amides is 1. The molecular formula is C16H16N4O. The normalized spacial score (nSPS) is 11.0. The maximum atomic E-state index is 12.3. The molecule has 1 N–H and O–H groups in total. The van der Waals surface area contributed by atoms with E-state index < -0.39 is 0 Å². The summed E-state index contributed by atoms with van der Waals surface area (Å²) in [5, 5.41) is 6.99. The monoisotopic (exact) mass is 280 g/mol. The molecule has 0 aliphatic carbocycles. The van der Waals surface area contributed by atoms with Crippen molar-refractivity contribution in [3.63, 3.8) is 0 Å². The zero-order valence-corrected chi connectivity index (χ0v) is 11.9. The molecular weight excluding hydrogens is 264 g/mol.